The Kier molecular flexibility index (Phi) is 1.73. The lowest BCUT2D eigenvalue weighted by Crippen LogP contribution is -2.31. The lowest BCUT2D eigenvalue weighted by Gasteiger charge is -1.93. The molecule has 1 aromatic carbocycles. The Bertz CT molecular complexity index is 409. The Morgan fingerprint density at radius 1 is 1.31 bits per heavy atom. The summed E-state index contributed by atoms with van der Waals surface area (Å²) in [5.41, 5.74) is 1.28. The summed E-state index contributed by atoms with van der Waals surface area (Å²) in [7, 11) is 0. The maximum atomic E-state index is 11.0. The van der Waals surface area contributed by atoms with Crippen molar-refractivity contribution < 1.29 is 14.5 Å². The third-order valence-corrected chi connectivity index (χ3v) is 1.81. The van der Waals surface area contributed by atoms with E-state index in [9.17, 15) is 5.11 Å². The van der Waals surface area contributed by atoms with Gasteiger partial charge in [-0.15, -0.1) is 0 Å². The predicted octanol–water partition coefficient (Wildman–Crippen LogP) is 0.333. The zero-order valence-corrected chi connectivity index (χ0v) is 7.10. The van der Waals surface area contributed by atoms with Gasteiger partial charge < -0.3 is 5.11 Å². The van der Waals surface area contributed by atoms with E-state index in [0.29, 0.717) is 5.69 Å². The van der Waals surface area contributed by atoms with Gasteiger partial charge in [-0.25, -0.2) is 0 Å². The Balaban J connectivity index is 2.53. The first-order chi connectivity index (χ1) is 6.29. The van der Waals surface area contributed by atoms with Crippen molar-refractivity contribution in [2.24, 2.45) is 0 Å². The van der Waals surface area contributed by atoms with Crippen LogP contribution >= 0.6 is 0 Å². The number of para-hydroxylation sites is 1. The van der Waals surface area contributed by atoms with Crippen LogP contribution in [-0.2, 0) is 0 Å². The summed E-state index contributed by atoms with van der Waals surface area (Å²) in [5, 5.41) is 14.3. The summed E-state index contributed by atoms with van der Waals surface area (Å²) in [4.78, 5) is 0. The molecule has 0 spiro atoms. The maximum absolute atomic E-state index is 11.0. The van der Waals surface area contributed by atoms with E-state index in [4.69, 9.17) is 4.63 Å². The minimum Gasteiger partial charge on any atom is -0.833 e. The van der Waals surface area contributed by atoms with Gasteiger partial charge in [0.15, 0.2) is 11.4 Å². The molecule has 4 nitrogen and oxygen atoms in total. The monoisotopic (exact) mass is 176 g/mol. The van der Waals surface area contributed by atoms with Crippen LogP contribution in [0.1, 0.15) is 5.69 Å². The van der Waals surface area contributed by atoms with Crippen molar-refractivity contribution >= 4 is 0 Å². The fourth-order valence-electron chi connectivity index (χ4n) is 1.10. The van der Waals surface area contributed by atoms with Gasteiger partial charge in [0.2, 0.25) is 5.88 Å². The van der Waals surface area contributed by atoms with Crippen LogP contribution in [0.15, 0.2) is 35.0 Å². The van der Waals surface area contributed by atoms with Gasteiger partial charge in [0.25, 0.3) is 0 Å². The van der Waals surface area contributed by atoms with Crippen molar-refractivity contribution in [3.8, 4) is 11.6 Å². The Labute approximate surface area is 75.0 Å². The lowest BCUT2D eigenvalue weighted by molar-refractivity contribution is -0.798. The quantitative estimate of drug-likeness (QED) is 0.588. The Hall–Kier alpha value is -1.84. The van der Waals surface area contributed by atoms with Gasteiger partial charge in [0, 0.05) is 6.92 Å². The van der Waals surface area contributed by atoms with E-state index in [1.165, 1.54) is 4.74 Å². The van der Waals surface area contributed by atoms with E-state index in [2.05, 4.69) is 5.16 Å². The molecule has 0 fully saturated rings. The summed E-state index contributed by atoms with van der Waals surface area (Å²) < 4.78 is 6.24. The van der Waals surface area contributed by atoms with Crippen LogP contribution in [0, 0.1) is 6.92 Å². The molecule has 13 heavy (non-hydrogen) atoms. The van der Waals surface area contributed by atoms with Crippen molar-refractivity contribution in [1.82, 2.24) is 5.16 Å². The minimum atomic E-state index is -0.330. The van der Waals surface area contributed by atoms with E-state index in [-0.39, 0.29) is 5.88 Å². The molecule has 1 heterocycles. The number of benzene rings is 1. The zero-order valence-electron chi connectivity index (χ0n) is 7.10. The molecule has 0 aliphatic carbocycles. The fourth-order valence-corrected chi connectivity index (χ4v) is 1.10. The molecule has 0 aliphatic rings. The number of aromatic nitrogens is 2. The van der Waals surface area contributed by atoms with E-state index in [0.717, 1.165) is 5.69 Å². The standard InChI is InChI=1S/C9H8N2O2/c1-7-9(12)10-13-11(7)8-5-3-2-4-6-8/h2-6H,1H3. The van der Waals surface area contributed by atoms with Gasteiger partial charge >= 0.3 is 0 Å². The topological polar surface area (TPSA) is 53.0 Å². The molecule has 4 heteroatoms. The summed E-state index contributed by atoms with van der Waals surface area (Å²) in [6.45, 7) is 1.67. The molecule has 0 bridgehead atoms. The van der Waals surface area contributed by atoms with Crippen LogP contribution in [0.25, 0.3) is 5.69 Å². The van der Waals surface area contributed by atoms with Crippen molar-refractivity contribution in [2.75, 3.05) is 0 Å². The van der Waals surface area contributed by atoms with Crippen LogP contribution in [0.2, 0.25) is 0 Å². The number of rotatable bonds is 1. The zero-order chi connectivity index (χ0) is 9.26. The first-order valence-corrected chi connectivity index (χ1v) is 3.90. The molecule has 0 aliphatic heterocycles. The maximum Gasteiger partial charge on any atom is 0.207 e. The molecule has 2 rings (SSSR count). The molecule has 0 N–H and O–H groups in total. The number of hydrogen-bond acceptors (Lipinski definition) is 3. The van der Waals surface area contributed by atoms with Gasteiger partial charge in [0.05, 0.1) is 0 Å². The normalized spacial score (nSPS) is 10.2. The molecular formula is C9H8N2O2. The summed E-state index contributed by atoms with van der Waals surface area (Å²) in [6.07, 6.45) is 0. The van der Waals surface area contributed by atoms with Crippen molar-refractivity contribution in [2.45, 2.75) is 6.92 Å². The van der Waals surface area contributed by atoms with Crippen molar-refractivity contribution in [3.05, 3.63) is 36.0 Å². The molecular weight excluding hydrogens is 168 g/mol. The highest BCUT2D eigenvalue weighted by Gasteiger charge is 2.13. The van der Waals surface area contributed by atoms with E-state index < -0.39 is 0 Å². The number of nitrogens with zero attached hydrogens (tertiary/aromatic N) is 2. The molecule has 0 radical (unpaired) electrons. The molecule has 0 amide bonds. The van der Waals surface area contributed by atoms with Gasteiger partial charge in [-0.3, -0.25) is 0 Å². The Morgan fingerprint density at radius 3 is 2.54 bits per heavy atom. The second kappa shape index (κ2) is 2.90. The molecule has 0 saturated heterocycles. The minimum absolute atomic E-state index is 0.330. The predicted molar refractivity (Wildman–Crippen MR) is 42.2 cm³/mol. The fraction of sp³-hybridized carbons (Fsp3) is 0.111. The summed E-state index contributed by atoms with van der Waals surface area (Å²) >= 11 is 0. The Morgan fingerprint density at radius 2 is 2.00 bits per heavy atom. The van der Waals surface area contributed by atoms with E-state index in [1.54, 1.807) is 6.92 Å². The van der Waals surface area contributed by atoms with E-state index >= 15 is 0 Å². The SMILES string of the molecule is Cc1c([O-])no[n+]1-c1ccccc1. The van der Waals surface area contributed by atoms with Crippen LogP contribution in [0.3, 0.4) is 0 Å². The van der Waals surface area contributed by atoms with Crippen LogP contribution in [0.5, 0.6) is 5.88 Å². The van der Waals surface area contributed by atoms with Gasteiger partial charge in [-0.05, 0) is 16.9 Å². The van der Waals surface area contributed by atoms with Gasteiger partial charge in [-0.2, -0.15) is 0 Å². The summed E-state index contributed by atoms with van der Waals surface area (Å²) in [6, 6.07) is 9.33. The smallest absolute Gasteiger partial charge is 0.207 e. The average Bonchev–Trinajstić information content (AvgIpc) is 2.49. The van der Waals surface area contributed by atoms with Crippen molar-refractivity contribution in [1.29, 1.82) is 0 Å². The van der Waals surface area contributed by atoms with Gasteiger partial charge in [0.1, 0.15) is 5.16 Å². The summed E-state index contributed by atoms with van der Waals surface area (Å²) in [5.74, 6) is -0.330. The molecule has 66 valence electrons. The molecule has 2 aromatic rings. The number of hydrogen-bond donors (Lipinski definition) is 0. The lowest BCUT2D eigenvalue weighted by atomic mass is 10.3. The molecule has 0 atom stereocenters. The highest BCUT2D eigenvalue weighted by molar-refractivity contribution is 5.22. The largest absolute Gasteiger partial charge is 0.833 e. The second-order valence-electron chi connectivity index (χ2n) is 2.69. The highest BCUT2D eigenvalue weighted by atomic mass is 16.6. The van der Waals surface area contributed by atoms with Crippen LogP contribution < -0.4 is 9.85 Å². The second-order valence-corrected chi connectivity index (χ2v) is 2.69. The van der Waals surface area contributed by atoms with Crippen LogP contribution in [-0.4, -0.2) is 5.16 Å². The van der Waals surface area contributed by atoms with Crippen molar-refractivity contribution in [3.63, 3.8) is 0 Å². The third-order valence-electron chi connectivity index (χ3n) is 1.81. The molecule has 0 saturated carbocycles. The third kappa shape index (κ3) is 1.26. The first kappa shape index (κ1) is 7.79. The average molecular weight is 176 g/mol. The first-order valence-electron chi connectivity index (χ1n) is 3.90. The molecule has 1 aromatic heterocycles. The molecule has 0 unspecified atom stereocenters. The van der Waals surface area contributed by atoms with Gasteiger partial charge in [-0.1, -0.05) is 22.8 Å². The highest BCUT2D eigenvalue weighted by Crippen LogP contribution is 2.06. The van der Waals surface area contributed by atoms with E-state index in [1.807, 2.05) is 30.3 Å². The van der Waals surface area contributed by atoms with Crippen LogP contribution in [0.4, 0.5) is 0 Å².